The molecule has 0 saturated heterocycles. The molecule has 3 heteroatoms. The molecule has 2 N–H and O–H groups in total. The van der Waals surface area contributed by atoms with Gasteiger partial charge in [0, 0.05) is 29.3 Å². The van der Waals surface area contributed by atoms with Crippen LogP contribution in [0, 0.1) is 13.8 Å². The minimum absolute atomic E-state index is 0.797. The lowest BCUT2D eigenvalue weighted by molar-refractivity contribution is 0.910. The van der Waals surface area contributed by atoms with Crippen molar-refractivity contribution in [3.05, 3.63) is 27.9 Å². The molecule has 0 radical (unpaired) electrons. The molecule has 0 unspecified atom stereocenters. The summed E-state index contributed by atoms with van der Waals surface area (Å²) in [6.45, 7) is 4.25. The summed E-state index contributed by atoms with van der Waals surface area (Å²) in [6.07, 6.45) is 0. The Morgan fingerprint density at radius 3 is 2.57 bits per heavy atom. The maximum Gasteiger partial charge on any atom is 0.0501 e. The highest BCUT2D eigenvalue weighted by atomic mass is 79.9. The summed E-state index contributed by atoms with van der Waals surface area (Å²) in [5.41, 5.74) is 10.5. The molecule has 1 heterocycles. The normalized spacial score (nSPS) is 11.1. The first-order chi connectivity index (χ1) is 6.54. The van der Waals surface area contributed by atoms with Gasteiger partial charge in [0.2, 0.25) is 0 Å². The Kier molecular flexibility index (Phi) is 2.07. The Morgan fingerprint density at radius 2 is 1.93 bits per heavy atom. The van der Waals surface area contributed by atoms with Crippen molar-refractivity contribution in [2.24, 2.45) is 7.05 Å². The second-order valence-corrected chi connectivity index (χ2v) is 4.43. The van der Waals surface area contributed by atoms with E-state index in [9.17, 15) is 0 Å². The van der Waals surface area contributed by atoms with Gasteiger partial charge < -0.3 is 10.3 Å². The van der Waals surface area contributed by atoms with E-state index in [4.69, 9.17) is 5.73 Å². The van der Waals surface area contributed by atoms with Crippen LogP contribution in [-0.2, 0) is 7.05 Å². The lowest BCUT2D eigenvalue weighted by atomic mass is 10.1. The van der Waals surface area contributed by atoms with E-state index in [0.29, 0.717) is 0 Å². The molecule has 1 aromatic carbocycles. The Labute approximate surface area is 91.8 Å². The van der Waals surface area contributed by atoms with Gasteiger partial charge in [0.1, 0.15) is 0 Å². The van der Waals surface area contributed by atoms with Crippen LogP contribution in [-0.4, -0.2) is 4.57 Å². The Morgan fingerprint density at radius 1 is 1.29 bits per heavy atom. The van der Waals surface area contributed by atoms with Crippen molar-refractivity contribution in [3.8, 4) is 0 Å². The number of halogens is 1. The Balaban J connectivity index is 3.03. The zero-order chi connectivity index (χ0) is 10.5. The van der Waals surface area contributed by atoms with Crippen molar-refractivity contribution < 1.29 is 0 Å². The molecule has 74 valence electrons. The van der Waals surface area contributed by atoms with Crippen LogP contribution in [0.3, 0.4) is 0 Å². The highest BCUT2D eigenvalue weighted by Crippen LogP contribution is 2.34. The smallest absolute Gasteiger partial charge is 0.0501 e. The first-order valence-corrected chi connectivity index (χ1v) is 5.33. The fourth-order valence-corrected chi connectivity index (χ4v) is 2.46. The SMILES string of the molecule is Cc1c(C)n(C)c2ccc(N)c(Br)c12. The maximum absolute atomic E-state index is 5.86. The van der Waals surface area contributed by atoms with E-state index < -0.39 is 0 Å². The molecule has 0 saturated carbocycles. The first-order valence-electron chi connectivity index (χ1n) is 4.53. The van der Waals surface area contributed by atoms with E-state index in [1.807, 2.05) is 6.07 Å². The standard InChI is InChI=1S/C11H13BrN2/c1-6-7(2)14(3)9-5-4-8(13)11(12)10(6)9/h4-5H,13H2,1-3H3. The molecular weight excluding hydrogens is 240 g/mol. The van der Waals surface area contributed by atoms with Gasteiger partial charge >= 0.3 is 0 Å². The number of rotatable bonds is 0. The lowest BCUT2D eigenvalue weighted by Crippen LogP contribution is -1.90. The van der Waals surface area contributed by atoms with Crippen molar-refractivity contribution in [2.75, 3.05) is 5.73 Å². The molecule has 2 nitrogen and oxygen atoms in total. The van der Waals surface area contributed by atoms with E-state index in [-0.39, 0.29) is 0 Å². The van der Waals surface area contributed by atoms with Gasteiger partial charge in [-0.25, -0.2) is 0 Å². The van der Waals surface area contributed by atoms with Gasteiger partial charge in [0.25, 0.3) is 0 Å². The quantitative estimate of drug-likeness (QED) is 0.718. The number of benzene rings is 1. The summed E-state index contributed by atoms with van der Waals surface area (Å²) in [6, 6.07) is 4.00. The fourth-order valence-electron chi connectivity index (χ4n) is 1.83. The van der Waals surface area contributed by atoms with E-state index in [1.54, 1.807) is 0 Å². The average molecular weight is 253 g/mol. The average Bonchev–Trinajstić information content (AvgIpc) is 2.38. The molecular formula is C11H13BrN2. The number of nitrogens with two attached hydrogens (primary N) is 1. The minimum Gasteiger partial charge on any atom is -0.398 e. The van der Waals surface area contributed by atoms with Crippen molar-refractivity contribution in [2.45, 2.75) is 13.8 Å². The van der Waals surface area contributed by atoms with Crippen LogP contribution in [0.15, 0.2) is 16.6 Å². The maximum atomic E-state index is 5.86. The number of nitrogen functional groups attached to an aromatic ring is 1. The van der Waals surface area contributed by atoms with Gasteiger partial charge in [-0.05, 0) is 47.5 Å². The summed E-state index contributed by atoms with van der Waals surface area (Å²) < 4.78 is 3.20. The van der Waals surface area contributed by atoms with Crippen molar-refractivity contribution in [1.82, 2.24) is 4.57 Å². The molecule has 0 spiro atoms. The van der Waals surface area contributed by atoms with Crippen LogP contribution in [0.5, 0.6) is 0 Å². The molecule has 2 aromatic rings. The second-order valence-electron chi connectivity index (χ2n) is 3.63. The predicted octanol–water partition coefficient (Wildman–Crippen LogP) is 3.14. The first kappa shape index (κ1) is 9.59. The number of hydrogen-bond donors (Lipinski definition) is 1. The molecule has 14 heavy (non-hydrogen) atoms. The zero-order valence-corrected chi connectivity index (χ0v) is 10.1. The summed E-state index contributed by atoms with van der Waals surface area (Å²) in [4.78, 5) is 0. The van der Waals surface area contributed by atoms with Crippen molar-refractivity contribution >= 4 is 32.5 Å². The van der Waals surface area contributed by atoms with Gasteiger partial charge in [0.15, 0.2) is 0 Å². The molecule has 0 amide bonds. The lowest BCUT2D eigenvalue weighted by Gasteiger charge is -2.01. The Bertz CT molecular complexity index is 512. The summed E-state index contributed by atoms with van der Waals surface area (Å²) in [7, 11) is 2.08. The molecule has 0 atom stereocenters. The zero-order valence-electron chi connectivity index (χ0n) is 8.56. The van der Waals surface area contributed by atoms with Crippen LogP contribution in [0.1, 0.15) is 11.3 Å². The third-order valence-electron chi connectivity index (χ3n) is 2.93. The van der Waals surface area contributed by atoms with Gasteiger partial charge in [-0.3, -0.25) is 0 Å². The fraction of sp³-hybridized carbons (Fsp3) is 0.273. The summed E-state index contributed by atoms with van der Waals surface area (Å²) in [5, 5.41) is 1.23. The van der Waals surface area contributed by atoms with Gasteiger partial charge in [-0.1, -0.05) is 0 Å². The molecule has 0 aliphatic rings. The topological polar surface area (TPSA) is 30.9 Å². The number of nitrogens with zero attached hydrogens (tertiary/aromatic N) is 1. The van der Waals surface area contributed by atoms with Crippen LogP contribution in [0.25, 0.3) is 10.9 Å². The molecule has 0 bridgehead atoms. The van der Waals surface area contributed by atoms with Gasteiger partial charge in [-0.15, -0.1) is 0 Å². The largest absolute Gasteiger partial charge is 0.398 e. The van der Waals surface area contributed by atoms with Crippen LogP contribution in [0.2, 0.25) is 0 Å². The molecule has 2 rings (SSSR count). The van der Waals surface area contributed by atoms with E-state index >= 15 is 0 Å². The molecule has 0 aliphatic heterocycles. The number of anilines is 1. The van der Waals surface area contributed by atoms with Gasteiger partial charge in [-0.2, -0.15) is 0 Å². The summed E-state index contributed by atoms with van der Waals surface area (Å²) >= 11 is 3.54. The second kappa shape index (κ2) is 3.02. The van der Waals surface area contributed by atoms with Crippen LogP contribution in [0.4, 0.5) is 5.69 Å². The minimum atomic E-state index is 0.797. The van der Waals surface area contributed by atoms with E-state index in [0.717, 1.165) is 10.2 Å². The van der Waals surface area contributed by atoms with Crippen LogP contribution >= 0.6 is 15.9 Å². The summed E-state index contributed by atoms with van der Waals surface area (Å²) in [5.74, 6) is 0. The Hall–Kier alpha value is -0.960. The van der Waals surface area contributed by atoms with E-state index in [2.05, 4.69) is 47.5 Å². The van der Waals surface area contributed by atoms with E-state index in [1.165, 1.54) is 22.2 Å². The number of aromatic nitrogens is 1. The molecule has 0 fully saturated rings. The number of fused-ring (bicyclic) bond motifs is 1. The monoisotopic (exact) mass is 252 g/mol. The molecule has 1 aromatic heterocycles. The highest BCUT2D eigenvalue weighted by Gasteiger charge is 2.12. The van der Waals surface area contributed by atoms with Crippen molar-refractivity contribution in [1.29, 1.82) is 0 Å². The highest BCUT2D eigenvalue weighted by molar-refractivity contribution is 9.10. The van der Waals surface area contributed by atoms with Crippen molar-refractivity contribution in [3.63, 3.8) is 0 Å². The predicted molar refractivity (Wildman–Crippen MR) is 64.5 cm³/mol. The third-order valence-corrected chi connectivity index (χ3v) is 3.79. The van der Waals surface area contributed by atoms with Gasteiger partial charge in [0.05, 0.1) is 4.47 Å². The number of aryl methyl sites for hydroxylation is 2. The molecule has 0 aliphatic carbocycles. The number of hydrogen-bond acceptors (Lipinski definition) is 1. The third kappa shape index (κ3) is 1.08. The van der Waals surface area contributed by atoms with Crippen LogP contribution < -0.4 is 5.73 Å².